The summed E-state index contributed by atoms with van der Waals surface area (Å²) in [6, 6.07) is 31.4. The number of β-amino-alcohol motifs (C(OH)–C–C–N with tert-alkyl or cyclic N) is 1. The van der Waals surface area contributed by atoms with E-state index in [-0.39, 0.29) is 68.9 Å². The lowest BCUT2D eigenvalue weighted by Crippen LogP contribution is -2.57. The van der Waals surface area contributed by atoms with Crippen LogP contribution in [-0.2, 0) is 25.7 Å². The van der Waals surface area contributed by atoms with E-state index >= 15 is 0 Å². The molecule has 0 spiro atoms. The van der Waals surface area contributed by atoms with Gasteiger partial charge in [-0.1, -0.05) is 107 Å². The molecule has 2 heterocycles. The highest BCUT2D eigenvalue weighted by Gasteiger charge is 2.44. The highest BCUT2D eigenvalue weighted by atomic mass is 32.1. The van der Waals surface area contributed by atoms with Crippen molar-refractivity contribution in [3.05, 3.63) is 137 Å². The van der Waals surface area contributed by atoms with Gasteiger partial charge in [0, 0.05) is 39.4 Å². The molecule has 12 nitrogen and oxygen atoms in total. The second-order valence-corrected chi connectivity index (χ2v) is 18.5. The van der Waals surface area contributed by atoms with Gasteiger partial charge in [0.1, 0.15) is 30.2 Å². The van der Waals surface area contributed by atoms with E-state index in [1.165, 1.54) is 10.5 Å². The largest absolute Gasteiger partial charge is 0.508 e. The molecule has 1 aromatic heterocycles. The van der Waals surface area contributed by atoms with Gasteiger partial charge in [-0.15, -0.1) is 11.3 Å². The fourth-order valence-electron chi connectivity index (χ4n) is 8.06. The summed E-state index contributed by atoms with van der Waals surface area (Å²) in [6.45, 7) is 10.5. The lowest BCUT2D eigenvalue weighted by molar-refractivity contribution is -0.144. The van der Waals surface area contributed by atoms with Crippen LogP contribution in [0.15, 0.2) is 109 Å². The molecular formula is C52H61N5O7S. The summed E-state index contributed by atoms with van der Waals surface area (Å²) < 4.78 is 6.03. The molecule has 0 saturated carbocycles. The first kappa shape index (κ1) is 48.2. The molecule has 4 N–H and O–H groups in total. The van der Waals surface area contributed by atoms with Gasteiger partial charge in [0.25, 0.3) is 0 Å². The first-order valence-corrected chi connectivity index (χ1v) is 23.1. The number of aliphatic hydroxyl groups excluding tert-OH is 1. The highest BCUT2D eigenvalue weighted by Crippen LogP contribution is 2.36. The van der Waals surface area contributed by atoms with E-state index in [9.17, 15) is 29.4 Å². The molecule has 6 rings (SSSR count). The van der Waals surface area contributed by atoms with Gasteiger partial charge in [-0.05, 0) is 88.4 Å². The predicted molar refractivity (Wildman–Crippen MR) is 256 cm³/mol. The molecule has 5 aromatic rings. The molecular weight excluding hydrogens is 839 g/mol. The summed E-state index contributed by atoms with van der Waals surface area (Å²) >= 11 is 1.57. The van der Waals surface area contributed by atoms with Crippen LogP contribution in [0.25, 0.3) is 21.6 Å². The highest BCUT2D eigenvalue weighted by molar-refractivity contribution is 7.13. The molecule has 0 aliphatic carbocycles. The van der Waals surface area contributed by atoms with Gasteiger partial charge < -0.3 is 35.4 Å². The number of phenolic OH excluding ortho intramolecular Hbond substituents is 1. The summed E-state index contributed by atoms with van der Waals surface area (Å²) in [4.78, 5) is 62.2. The second kappa shape index (κ2) is 22.1. The molecule has 342 valence electrons. The Morgan fingerprint density at radius 3 is 2.18 bits per heavy atom. The van der Waals surface area contributed by atoms with Crippen molar-refractivity contribution in [2.45, 2.75) is 91.5 Å². The molecule has 13 heteroatoms. The number of benzene rings is 4. The minimum atomic E-state index is -0.962. The SMILES string of the molecule is CC/C(=C(/c1ccc(O)cc1)c1ccc(OCCN(C)C(=O)CCCC(=O)N[C@H](C(=O)N2C[C@H](O)C[C@H]2C(=O)NCc2ccc(-c3scnc3C)cc2)C(C)(C)C)cc1)c1ccccc1. The number of carbonyl (C=O) groups is 4. The smallest absolute Gasteiger partial charge is 0.246 e. The number of aromatic hydroxyl groups is 1. The van der Waals surface area contributed by atoms with E-state index in [0.29, 0.717) is 12.3 Å². The maximum atomic E-state index is 14.1. The maximum absolute atomic E-state index is 14.1. The standard InChI is InChI=1S/C52H61N5O7S/c1-7-43(36-12-9-8-10-13-36)47(37-20-24-40(58)25-21-37)38-22-26-42(27-23-38)64-29-28-56(6)46(61)15-11-14-45(60)55-49(52(3,4)5)51(63)57-32-41(59)30-44(57)50(62)53-31-35-16-18-39(19-17-35)48-34(2)54-33-65-48/h8-10,12-13,16-27,33,41,44,49,58-59H,7,11,14-15,28-32H2,1-6H3,(H,53,62)(H,55,60)/b47-43+/t41-,44+,49-/m1/s1. The van der Waals surface area contributed by atoms with E-state index in [4.69, 9.17) is 4.74 Å². The van der Waals surface area contributed by atoms with Crippen molar-refractivity contribution in [1.82, 2.24) is 25.4 Å². The number of nitrogens with zero attached hydrogens (tertiary/aromatic N) is 3. The summed E-state index contributed by atoms with van der Waals surface area (Å²) in [5.74, 6) is -0.460. The Labute approximate surface area is 386 Å². The van der Waals surface area contributed by atoms with E-state index < -0.39 is 29.5 Å². The zero-order chi connectivity index (χ0) is 46.7. The van der Waals surface area contributed by atoms with Gasteiger partial charge in [0.15, 0.2) is 0 Å². The van der Waals surface area contributed by atoms with Crippen molar-refractivity contribution < 1.29 is 34.1 Å². The summed E-state index contributed by atoms with van der Waals surface area (Å²) in [5.41, 5.74) is 9.39. The number of hydrogen-bond acceptors (Lipinski definition) is 9. The number of likely N-dealkylation sites (tertiary alicyclic amines) is 1. The lowest BCUT2D eigenvalue weighted by Gasteiger charge is -2.35. The fraction of sp³-hybridized carbons (Fsp3) is 0.365. The normalized spacial score (nSPS) is 15.8. The number of phenols is 1. The molecule has 0 bridgehead atoms. The van der Waals surface area contributed by atoms with Gasteiger partial charge in [-0.3, -0.25) is 19.2 Å². The van der Waals surface area contributed by atoms with Crippen molar-refractivity contribution in [3.8, 4) is 21.9 Å². The second-order valence-electron chi connectivity index (χ2n) is 17.6. The van der Waals surface area contributed by atoms with Crippen LogP contribution in [-0.4, -0.2) is 93.6 Å². The van der Waals surface area contributed by atoms with Crippen LogP contribution in [0.2, 0.25) is 0 Å². The number of nitrogens with one attached hydrogen (secondary N) is 2. The number of aliphatic hydroxyl groups is 1. The quantitative estimate of drug-likeness (QED) is 0.0644. The van der Waals surface area contributed by atoms with Gasteiger partial charge >= 0.3 is 0 Å². The Hall–Kier alpha value is -6.31. The number of aryl methyl sites for hydroxylation is 1. The van der Waals surface area contributed by atoms with Gasteiger partial charge in [0.2, 0.25) is 23.6 Å². The summed E-state index contributed by atoms with van der Waals surface area (Å²) in [7, 11) is 1.70. The van der Waals surface area contributed by atoms with Crippen LogP contribution in [0.3, 0.4) is 0 Å². The number of ether oxygens (including phenoxy) is 1. The number of carbonyl (C=O) groups excluding carboxylic acids is 4. The monoisotopic (exact) mass is 899 g/mol. The maximum Gasteiger partial charge on any atom is 0.246 e. The third-order valence-corrected chi connectivity index (χ3v) is 12.7. The molecule has 65 heavy (non-hydrogen) atoms. The van der Waals surface area contributed by atoms with Crippen molar-refractivity contribution in [1.29, 1.82) is 0 Å². The average Bonchev–Trinajstić information content (AvgIpc) is 3.92. The zero-order valence-electron chi connectivity index (χ0n) is 38.2. The van der Waals surface area contributed by atoms with E-state index in [0.717, 1.165) is 50.4 Å². The Balaban J connectivity index is 0.968. The average molecular weight is 900 g/mol. The molecule has 1 saturated heterocycles. The number of amides is 4. The molecule has 0 unspecified atom stereocenters. The molecule has 0 radical (unpaired) electrons. The Kier molecular flexibility index (Phi) is 16.3. The first-order valence-electron chi connectivity index (χ1n) is 22.2. The van der Waals surface area contributed by atoms with Gasteiger partial charge in [-0.2, -0.15) is 0 Å². The molecule has 1 fully saturated rings. The van der Waals surface area contributed by atoms with Crippen LogP contribution >= 0.6 is 11.3 Å². The molecule has 4 aromatic carbocycles. The predicted octanol–water partition coefficient (Wildman–Crippen LogP) is 8.01. The van der Waals surface area contributed by atoms with E-state index in [2.05, 4.69) is 34.7 Å². The number of aromatic nitrogens is 1. The third-order valence-electron chi connectivity index (χ3n) is 11.7. The van der Waals surface area contributed by atoms with E-state index in [1.807, 2.05) is 112 Å². The number of rotatable bonds is 18. The molecule has 4 amide bonds. The van der Waals surface area contributed by atoms with Crippen LogP contribution in [0, 0.1) is 12.3 Å². The summed E-state index contributed by atoms with van der Waals surface area (Å²) in [6.07, 6.45) is 0.457. The van der Waals surface area contributed by atoms with Gasteiger partial charge in [0.05, 0.1) is 28.7 Å². The zero-order valence-corrected chi connectivity index (χ0v) is 39.0. The molecule has 1 aliphatic heterocycles. The first-order chi connectivity index (χ1) is 31.1. The topological polar surface area (TPSA) is 161 Å². The van der Waals surface area contributed by atoms with Crippen LogP contribution in [0.1, 0.15) is 87.7 Å². The minimum Gasteiger partial charge on any atom is -0.508 e. The van der Waals surface area contributed by atoms with Crippen LogP contribution < -0.4 is 15.4 Å². The minimum absolute atomic E-state index is 0.0218. The Morgan fingerprint density at radius 1 is 0.908 bits per heavy atom. The molecule has 1 aliphatic rings. The van der Waals surface area contributed by atoms with Gasteiger partial charge in [-0.25, -0.2) is 4.98 Å². The number of thiazole rings is 1. The number of likely N-dealkylation sites (N-methyl/N-ethyl adjacent to an activating group) is 1. The number of hydrogen-bond donors (Lipinski definition) is 4. The third kappa shape index (κ3) is 12.7. The van der Waals surface area contributed by atoms with Crippen molar-refractivity contribution in [2.24, 2.45) is 5.41 Å². The molecule has 3 atom stereocenters. The summed E-state index contributed by atoms with van der Waals surface area (Å²) in [5, 5.41) is 26.4. The lowest BCUT2D eigenvalue weighted by atomic mass is 9.85. The van der Waals surface area contributed by atoms with Crippen molar-refractivity contribution in [3.63, 3.8) is 0 Å². The van der Waals surface area contributed by atoms with E-state index in [1.54, 1.807) is 35.4 Å². The van der Waals surface area contributed by atoms with Crippen LogP contribution in [0.5, 0.6) is 11.5 Å². The van der Waals surface area contributed by atoms with Crippen molar-refractivity contribution in [2.75, 3.05) is 26.7 Å². The number of allylic oxidation sites excluding steroid dienone is 1. The fourth-order valence-corrected chi connectivity index (χ4v) is 8.87. The van der Waals surface area contributed by atoms with Crippen LogP contribution in [0.4, 0.5) is 0 Å². The Morgan fingerprint density at radius 2 is 1.57 bits per heavy atom. The van der Waals surface area contributed by atoms with Crippen molar-refractivity contribution >= 4 is 46.1 Å². The Bertz CT molecular complexity index is 2430.